The Morgan fingerprint density at radius 1 is 1.58 bits per heavy atom. The Balaban J connectivity index is 2.53. The minimum absolute atomic E-state index is 0.663. The first-order valence-electron chi connectivity index (χ1n) is 4.10. The molecule has 1 N–H and O–H groups in total. The molecule has 0 spiro atoms. The highest BCUT2D eigenvalue weighted by molar-refractivity contribution is 5.83. The summed E-state index contributed by atoms with van der Waals surface area (Å²) in [4.78, 5) is 1.98. The van der Waals surface area contributed by atoms with Gasteiger partial charge in [-0.2, -0.15) is 0 Å². The van der Waals surface area contributed by atoms with Gasteiger partial charge in [-0.3, -0.25) is 0 Å². The molecule has 1 heterocycles. The molecule has 0 unspecified atom stereocenters. The molecular weight excluding hydrogens is 148 g/mol. The summed E-state index contributed by atoms with van der Waals surface area (Å²) in [5, 5.41) is 7.52. The Labute approximate surface area is 73.4 Å². The van der Waals surface area contributed by atoms with Gasteiger partial charge in [-0.05, 0) is 18.6 Å². The zero-order valence-electron chi connectivity index (χ0n) is 7.38. The van der Waals surface area contributed by atoms with Crippen LogP contribution in [-0.4, -0.2) is 17.2 Å². The first kappa shape index (κ1) is 8.78. The third-order valence-electron chi connectivity index (χ3n) is 1.82. The van der Waals surface area contributed by atoms with Gasteiger partial charge >= 0.3 is 0 Å². The van der Waals surface area contributed by atoms with Crippen LogP contribution in [-0.2, 0) is 0 Å². The van der Waals surface area contributed by atoms with Crippen LogP contribution < -0.4 is 0 Å². The fraction of sp³-hybridized carbons (Fsp3) is 0.300. The quantitative estimate of drug-likeness (QED) is 0.633. The second-order valence-corrected chi connectivity index (χ2v) is 2.78. The highest BCUT2D eigenvalue weighted by atomic mass is 15.1. The van der Waals surface area contributed by atoms with Crippen LogP contribution >= 0.6 is 0 Å². The van der Waals surface area contributed by atoms with Gasteiger partial charge in [-0.1, -0.05) is 19.6 Å². The van der Waals surface area contributed by atoms with Crippen molar-refractivity contribution in [2.75, 3.05) is 6.54 Å². The number of hydrogen-bond donors (Lipinski definition) is 1. The Morgan fingerprint density at radius 2 is 2.33 bits per heavy atom. The molecule has 0 aromatic carbocycles. The number of hydrogen-bond acceptors (Lipinski definition) is 2. The maximum atomic E-state index is 7.52. The smallest absolute Gasteiger partial charge is 0.0601 e. The molecule has 0 aromatic rings. The third-order valence-corrected chi connectivity index (χ3v) is 1.82. The van der Waals surface area contributed by atoms with Crippen LogP contribution in [0.1, 0.15) is 13.3 Å². The van der Waals surface area contributed by atoms with E-state index in [1.165, 1.54) is 0 Å². The van der Waals surface area contributed by atoms with E-state index in [1.807, 2.05) is 36.3 Å². The van der Waals surface area contributed by atoms with Gasteiger partial charge in [-0.15, -0.1) is 0 Å². The molecule has 1 aliphatic heterocycles. The van der Waals surface area contributed by atoms with Crippen molar-refractivity contribution in [3.8, 4) is 0 Å². The Hall–Kier alpha value is -1.31. The minimum atomic E-state index is 0.663. The van der Waals surface area contributed by atoms with E-state index in [-0.39, 0.29) is 0 Å². The zero-order valence-corrected chi connectivity index (χ0v) is 7.38. The number of allylic oxidation sites excluding steroid dienone is 3. The number of nitrogens with zero attached hydrogens (tertiary/aromatic N) is 1. The third kappa shape index (κ3) is 2.09. The maximum absolute atomic E-state index is 7.52. The number of nitrogens with one attached hydrogen (secondary N) is 1. The van der Waals surface area contributed by atoms with Crippen molar-refractivity contribution in [1.29, 1.82) is 5.41 Å². The minimum Gasteiger partial charge on any atom is -0.343 e. The summed E-state index contributed by atoms with van der Waals surface area (Å²) >= 11 is 0. The Morgan fingerprint density at radius 3 is 2.92 bits per heavy atom. The lowest BCUT2D eigenvalue weighted by atomic mass is 10.2. The summed E-state index contributed by atoms with van der Waals surface area (Å²) in [6.45, 7) is 6.53. The molecule has 64 valence electrons. The molecule has 2 nitrogen and oxygen atoms in total. The normalized spacial score (nSPS) is 15.4. The fourth-order valence-corrected chi connectivity index (χ4v) is 0.983. The molecule has 0 amide bonds. The predicted octanol–water partition coefficient (Wildman–Crippen LogP) is 2.32. The van der Waals surface area contributed by atoms with Crippen LogP contribution in [0.25, 0.3) is 0 Å². The van der Waals surface area contributed by atoms with Crippen molar-refractivity contribution >= 4 is 5.71 Å². The molecule has 1 rings (SSSR count). The highest BCUT2D eigenvalue weighted by Crippen LogP contribution is 2.09. The molecule has 1 aliphatic rings. The molecule has 2 heteroatoms. The summed E-state index contributed by atoms with van der Waals surface area (Å²) in [6, 6.07) is 0. The first-order chi connectivity index (χ1) is 5.74. The fourth-order valence-electron chi connectivity index (χ4n) is 0.983. The van der Waals surface area contributed by atoms with Crippen LogP contribution in [0.2, 0.25) is 0 Å². The van der Waals surface area contributed by atoms with Crippen molar-refractivity contribution in [3.05, 3.63) is 36.7 Å². The van der Waals surface area contributed by atoms with Gasteiger partial charge in [0.15, 0.2) is 0 Å². The van der Waals surface area contributed by atoms with E-state index in [2.05, 4.69) is 6.58 Å². The van der Waals surface area contributed by atoms with Crippen molar-refractivity contribution in [1.82, 2.24) is 4.90 Å². The van der Waals surface area contributed by atoms with E-state index >= 15 is 0 Å². The van der Waals surface area contributed by atoms with E-state index in [9.17, 15) is 0 Å². The largest absolute Gasteiger partial charge is 0.343 e. The van der Waals surface area contributed by atoms with Gasteiger partial charge < -0.3 is 10.3 Å². The summed E-state index contributed by atoms with van der Waals surface area (Å²) in [5.41, 5.74) is 1.69. The monoisotopic (exact) mass is 162 g/mol. The van der Waals surface area contributed by atoms with Crippen molar-refractivity contribution < 1.29 is 0 Å². The molecule has 0 saturated carbocycles. The van der Waals surface area contributed by atoms with Gasteiger partial charge in [0.2, 0.25) is 0 Å². The van der Waals surface area contributed by atoms with Crippen LogP contribution in [0.15, 0.2) is 36.7 Å². The molecule has 0 aliphatic carbocycles. The van der Waals surface area contributed by atoms with Gasteiger partial charge in [0, 0.05) is 17.6 Å². The van der Waals surface area contributed by atoms with E-state index < -0.39 is 0 Å². The van der Waals surface area contributed by atoms with Gasteiger partial charge in [0.25, 0.3) is 0 Å². The SMILES string of the molecule is C=C1C=CC=CN1CC(=N)CC. The zero-order chi connectivity index (χ0) is 8.97. The van der Waals surface area contributed by atoms with E-state index in [0.717, 1.165) is 17.8 Å². The Kier molecular flexibility index (Phi) is 2.86. The van der Waals surface area contributed by atoms with Gasteiger partial charge in [0.05, 0.1) is 6.54 Å². The second-order valence-electron chi connectivity index (χ2n) is 2.78. The molecule has 0 radical (unpaired) electrons. The summed E-state index contributed by atoms with van der Waals surface area (Å²) in [6.07, 6.45) is 8.61. The van der Waals surface area contributed by atoms with Crippen LogP contribution in [0.5, 0.6) is 0 Å². The summed E-state index contributed by atoms with van der Waals surface area (Å²) in [7, 11) is 0. The molecule has 0 bridgehead atoms. The lowest BCUT2D eigenvalue weighted by Gasteiger charge is -2.22. The van der Waals surface area contributed by atoms with E-state index in [1.54, 1.807) is 0 Å². The predicted molar refractivity (Wildman–Crippen MR) is 52.1 cm³/mol. The Bertz CT molecular complexity index is 249. The van der Waals surface area contributed by atoms with Crippen molar-refractivity contribution in [2.45, 2.75) is 13.3 Å². The average molecular weight is 162 g/mol. The lowest BCUT2D eigenvalue weighted by molar-refractivity contribution is 0.542. The standard InChI is InChI=1S/C10H14N2/c1-3-10(11)8-12-7-5-4-6-9(12)2/h4-7,11H,2-3,8H2,1H3. The molecular formula is C10H14N2. The maximum Gasteiger partial charge on any atom is 0.0601 e. The van der Waals surface area contributed by atoms with Crippen molar-refractivity contribution in [3.63, 3.8) is 0 Å². The van der Waals surface area contributed by atoms with Crippen LogP contribution in [0.3, 0.4) is 0 Å². The van der Waals surface area contributed by atoms with Gasteiger partial charge in [0.1, 0.15) is 0 Å². The van der Waals surface area contributed by atoms with Crippen LogP contribution in [0.4, 0.5) is 0 Å². The van der Waals surface area contributed by atoms with E-state index in [4.69, 9.17) is 5.41 Å². The highest BCUT2D eigenvalue weighted by Gasteiger charge is 2.05. The first-order valence-corrected chi connectivity index (χ1v) is 4.10. The summed E-state index contributed by atoms with van der Waals surface area (Å²) in [5.74, 6) is 0. The molecule has 0 atom stereocenters. The summed E-state index contributed by atoms with van der Waals surface area (Å²) < 4.78 is 0. The average Bonchev–Trinajstić information content (AvgIpc) is 2.09. The van der Waals surface area contributed by atoms with Gasteiger partial charge in [-0.25, -0.2) is 0 Å². The second kappa shape index (κ2) is 3.90. The molecule has 0 aromatic heterocycles. The topological polar surface area (TPSA) is 27.1 Å². The lowest BCUT2D eigenvalue weighted by Crippen LogP contribution is -2.23. The van der Waals surface area contributed by atoms with Crippen molar-refractivity contribution in [2.24, 2.45) is 0 Å². The molecule has 0 fully saturated rings. The van der Waals surface area contributed by atoms with Crippen LogP contribution in [0, 0.1) is 5.41 Å². The molecule has 0 saturated heterocycles. The molecule has 12 heavy (non-hydrogen) atoms. The number of rotatable bonds is 3. The van der Waals surface area contributed by atoms with E-state index in [0.29, 0.717) is 6.54 Å².